The first kappa shape index (κ1) is 21.2. The molecule has 1 aromatic carbocycles. The Morgan fingerprint density at radius 3 is 2.48 bits per heavy atom. The zero-order chi connectivity index (χ0) is 20.4. The first-order valence-corrected chi connectivity index (χ1v) is 9.50. The molecule has 0 saturated carbocycles. The fourth-order valence-corrected chi connectivity index (χ4v) is 3.17. The Labute approximate surface area is 166 Å². The van der Waals surface area contributed by atoms with Crippen molar-refractivity contribution in [3.63, 3.8) is 0 Å². The number of rotatable bonds is 5. The molecule has 27 heavy (non-hydrogen) atoms. The highest BCUT2D eigenvalue weighted by Gasteiger charge is 2.35. The predicted molar refractivity (Wildman–Crippen MR) is 106 cm³/mol. The van der Waals surface area contributed by atoms with Crippen molar-refractivity contribution in [2.75, 3.05) is 31.2 Å². The van der Waals surface area contributed by atoms with E-state index in [1.165, 1.54) is 9.80 Å². The number of amides is 3. The van der Waals surface area contributed by atoms with Gasteiger partial charge in [0.1, 0.15) is 13.2 Å². The van der Waals surface area contributed by atoms with E-state index in [-0.39, 0.29) is 43.4 Å². The van der Waals surface area contributed by atoms with Crippen LogP contribution in [0.3, 0.4) is 0 Å². The minimum atomic E-state index is -0.567. The molecule has 0 radical (unpaired) electrons. The van der Waals surface area contributed by atoms with Crippen LogP contribution in [0.4, 0.5) is 5.69 Å². The molecule has 1 aliphatic heterocycles. The average molecular weight is 394 g/mol. The van der Waals surface area contributed by atoms with E-state index in [0.717, 1.165) is 0 Å². The minimum Gasteiger partial charge on any atom is -0.333 e. The van der Waals surface area contributed by atoms with Crippen molar-refractivity contribution in [3.8, 4) is 0 Å². The van der Waals surface area contributed by atoms with Crippen LogP contribution >= 0.6 is 11.6 Å². The number of halogens is 1. The lowest BCUT2D eigenvalue weighted by molar-refractivity contribution is -0.145. The van der Waals surface area contributed by atoms with Gasteiger partial charge in [0.2, 0.25) is 17.7 Å². The number of hydrogen-bond donors (Lipinski definition) is 0. The van der Waals surface area contributed by atoms with Gasteiger partial charge in [-0.15, -0.1) is 0 Å². The summed E-state index contributed by atoms with van der Waals surface area (Å²) < 4.78 is 0. The van der Waals surface area contributed by atoms with Gasteiger partial charge in [0, 0.05) is 22.7 Å². The Kier molecular flexibility index (Phi) is 6.52. The number of carbonyl (C=O) groups is 3. The summed E-state index contributed by atoms with van der Waals surface area (Å²) in [5, 5.41) is 0.531. The molecule has 7 heteroatoms. The van der Waals surface area contributed by atoms with Gasteiger partial charge in [-0.25, -0.2) is 0 Å². The molecule has 1 saturated heterocycles. The molecule has 0 bridgehead atoms. The first-order valence-electron chi connectivity index (χ1n) is 9.12. The van der Waals surface area contributed by atoms with Crippen LogP contribution in [0.25, 0.3) is 0 Å². The third-order valence-corrected chi connectivity index (χ3v) is 4.49. The van der Waals surface area contributed by atoms with Crippen LogP contribution < -0.4 is 4.90 Å². The van der Waals surface area contributed by atoms with E-state index in [1.807, 2.05) is 34.6 Å². The number of anilines is 1. The van der Waals surface area contributed by atoms with E-state index < -0.39 is 5.41 Å². The molecule has 148 valence electrons. The van der Waals surface area contributed by atoms with Gasteiger partial charge in [-0.05, 0) is 24.1 Å². The molecular weight excluding hydrogens is 366 g/mol. The fraction of sp³-hybridized carbons (Fsp3) is 0.550. The summed E-state index contributed by atoms with van der Waals surface area (Å²) in [6.45, 7) is 10.2. The highest BCUT2D eigenvalue weighted by Crippen LogP contribution is 2.23. The normalized spacial score (nSPS) is 14.9. The van der Waals surface area contributed by atoms with Crippen molar-refractivity contribution in [2.45, 2.75) is 34.6 Å². The monoisotopic (exact) mass is 393 g/mol. The molecule has 0 N–H and O–H groups in total. The van der Waals surface area contributed by atoms with E-state index in [2.05, 4.69) is 0 Å². The van der Waals surface area contributed by atoms with Gasteiger partial charge in [0.15, 0.2) is 0 Å². The summed E-state index contributed by atoms with van der Waals surface area (Å²) in [6, 6.07) is 6.98. The fourth-order valence-electron chi connectivity index (χ4n) is 2.98. The van der Waals surface area contributed by atoms with Gasteiger partial charge < -0.3 is 9.80 Å². The minimum absolute atomic E-state index is 0.00454. The summed E-state index contributed by atoms with van der Waals surface area (Å²) in [5.74, 6) is -0.219. The predicted octanol–water partition coefficient (Wildman–Crippen LogP) is 3.00. The molecule has 1 aromatic rings. The van der Waals surface area contributed by atoms with Crippen molar-refractivity contribution in [3.05, 3.63) is 29.3 Å². The number of hydrogen-bond acceptors (Lipinski definition) is 3. The molecule has 0 aromatic heterocycles. The third-order valence-electron chi connectivity index (χ3n) is 4.25. The maximum absolute atomic E-state index is 12.8. The van der Waals surface area contributed by atoms with Gasteiger partial charge in [-0.2, -0.15) is 0 Å². The second kappa shape index (κ2) is 8.30. The molecule has 0 unspecified atom stereocenters. The highest BCUT2D eigenvalue weighted by molar-refractivity contribution is 6.31. The molecule has 0 spiro atoms. The molecule has 0 aliphatic carbocycles. The van der Waals surface area contributed by atoms with Crippen LogP contribution in [0, 0.1) is 11.3 Å². The zero-order valence-electron chi connectivity index (χ0n) is 16.7. The van der Waals surface area contributed by atoms with Crippen LogP contribution in [0.1, 0.15) is 34.6 Å². The molecule has 2 rings (SSSR count). The van der Waals surface area contributed by atoms with Gasteiger partial charge in [0.05, 0.1) is 6.54 Å². The Bertz CT molecular complexity index is 727. The maximum Gasteiger partial charge on any atom is 0.248 e. The molecule has 0 atom stereocenters. The van der Waals surface area contributed by atoms with Gasteiger partial charge in [-0.3, -0.25) is 19.3 Å². The average Bonchev–Trinajstić information content (AvgIpc) is 2.94. The Morgan fingerprint density at radius 1 is 1.26 bits per heavy atom. The van der Waals surface area contributed by atoms with Gasteiger partial charge >= 0.3 is 0 Å². The summed E-state index contributed by atoms with van der Waals surface area (Å²) in [4.78, 5) is 42.5. The van der Waals surface area contributed by atoms with Crippen LogP contribution in [0.15, 0.2) is 24.3 Å². The highest BCUT2D eigenvalue weighted by atomic mass is 35.5. The molecule has 1 aliphatic rings. The number of nitrogens with zero attached hydrogens (tertiary/aromatic N) is 3. The van der Waals surface area contributed by atoms with Crippen molar-refractivity contribution in [2.24, 2.45) is 11.3 Å². The topological polar surface area (TPSA) is 60.9 Å². The summed E-state index contributed by atoms with van der Waals surface area (Å²) in [6.07, 6.45) is 0. The van der Waals surface area contributed by atoms with E-state index in [1.54, 1.807) is 29.2 Å². The third kappa shape index (κ3) is 5.45. The Hall–Kier alpha value is -2.08. The van der Waals surface area contributed by atoms with E-state index in [4.69, 9.17) is 11.6 Å². The van der Waals surface area contributed by atoms with Crippen molar-refractivity contribution >= 4 is 35.0 Å². The molecule has 1 heterocycles. The van der Waals surface area contributed by atoms with Crippen LogP contribution in [0.5, 0.6) is 0 Å². The second-order valence-corrected chi connectivity index (χ2v) is 8.80. The standard InChI is InChI=1S/C20H28ClN3O3/c1-14(2)10-22(19(27)20(3,4)5)11-17(25)23-12-18(26)24(13-23)16-8-6-7-15(21)9-16/h6-9,14H,10-13H2,1-5H3. The van der Waals surface area contributed by atoms with E-state index >= 15 is 0 Å². The van der Waals surface area contributed by atoms with Crippen LogP contribution in [0.2, 0.25) is 5.02 Å². The SMILES string of the molecule is CC(C)CN(CC(=O)N1CC(=O)N(c2cccc(Cl)c2)C1)C(=O)C(C)(C)C. The van der Waals surface area contributed by atoms with Gasteiger partial charge in [0.25, 0.3) is 0 Å². The zero-order valence-corrected chi connectivity index (χ0v) is 17.4. The molecule has 1 fully saturated rings. The summed E-state index contributed by atoms with van der Waals surface area (Å²) in [5.41, 5.74) is 0.0932. The molecule has 3 amide bonds. The van der Waals surface area contributed by atoms with Crippen molar-refractivity contribution in [1.29, 1.82) is 0 Å². The van der Waals surface area contributed by atoms with Crippen LogP contribution in [-0.4, -0.2) is 53.8 Å². The molecular formula is C20H28ClN3O3. The van der Waals surface area contributed by atoms with Crippen molar-refractivity contribution < 1.29 is 14.4 Å². The van der Waals surface area contributed by atoms with Gasteiger partial charge in [-0.1, -0.05) is 52.3 Å². The Balaban J connectivity index is 2.10. The lowest BCUT2D eigenvalue weighted by Gasteiger charge is -2.31. The number of carbonyl (C=O) groups excluding carboxylic acids is 3. The lowest BCUT2D eigenvalue weighted by Crippen LogP contribution is -2.47. The summed E-state index contributed by atoms with van der Waals surface area (Å²) in [7, 11) is 0. The first-order chi connectivity index (χ1) is 12.5. The van der Waals surface area contributed by atoms with E-state index in [0.29, 0.717) is 17.3 Å². The molecule has 6 nitrogen and oxygen atoms in total. The summed E-state index contributed by atoms with van der Waals surface area (Å²) >= 11 is 6.00. The number of benzene rings is 1. The Morgan fingerprint density at radius 2 is 1.93 bits per heavy atom. The largest absolute Gasteiger partial charge is 0.333 e. The second-order valence-electron chi connectivity index (χ2n) is 8.36. The van der Waals surface area contributed by atoms with Crippen molar-refractivity contribution in [1.82, 2.24) is 9.80 Å². The smallest absolute Gasteiger partial charge is 0.248 e. The van der Waals surface area contributed by atoms with Crippen LogP contribution in [-0.2, 0) is 14.4 Å². The maximum atomic E-state index is 12.8. The quantitative estimate of drug-likeness (QED) is 0.772. The van der Waals surface area contributed by atoms with E-state index in [9.17, 15) is 14.4 Å². The lowest BCUT2D eigenvalue weighted by atomic mass is 9.94.